The molecule has 2 atom stereocenters. The average Bonchev–Trinajstić information content (AvgIpc) is 3.75. The molecule has 1 aromatic heterocycles. The Kier molecular flexibility index (Phi) is 11.5. The number of nitriles is 1. The number of methoxy groups -OCH3 is 2. The average molecular weight is 772 g/mol. The summed E-state index contributed by atoms with van der Waals surface area (Å²) >= 11 is 7.73. The summed E-state index contributed by atoms with van der Waals surface area (Å²) in [7, 11) is -1.65. The highest BCUT2D eigenvalue weighted by Gasteiger charge is 2.49. The molecule has 0 unspecified atom stereocenters. The molecule has 0 saturated carbocycles. The number of likely N-dealkylation sites (tertiary alicyclic amines) is 1. The van der Waals surface area contributed by atoms with E-state index in [1.807, 2.05) is 0 Å². The van der Waals surface area contributed by atoms with E-state index in [1.165, 1.54) is 25.3 Å². The van der Waals surface area contributed by atoms with Gasteiger partial charge in [0.05, 0.1) is 61.3 Å². The first kappa shape index (κ1) is 38.6. The lowest BCUT2D eigenvalue weighted by Gasteiger charge is -2.39. The SMILES string of the molecule is COc1ccc(CN(c2nccs2)S(=O)(=O)c2cc(Cl)c(NC[C@]3(Cc4ccc(C#N)cc4)C[C@H](O)CN3C(=O)OC(C)(C)C)cc2F)c(OC)c1. The second kappa shape index (κ2) is 15.5. The van der Waals surface area contributed by atoms with Gasteiger partial charge in [0.2, 0.25) is 0 Å². The number of β-amino-alcohol motifs (C(OH)–C–C–N with tert-alkyl or cyclic N) is 1. The molecule has 1 aliphatic heterocycles. The van der Waals surface area contributed by atoms with Crippen molar-refractivity contribution in [3.63, 3.8) is 0 Å². The number of sulfonamides is 1. The minimum Gasteiger partial charge on any atom is -0.497 e. The van der Waals surface area contributed by atoms with Crippen molar-refractivity contribution in [1.82, 2.24) is 9.88 Å². The van der Waals surface area contributed by atoms with Gasteiger partial charge in [-0.1, -0.05) is 23.7 Å². The molecule has 1 fully saturated rings. The summed E-state index contributed by atoms with van der Waals surface area (Å²) in [4.78, 5) is 18.5. The Bertz CT molecular complexity index is 2050. The van der Waals surface area contributed by atoms with E-state index in [1.54, 1.807) is 68.6 Å². The number of aliphatic hydroxyl groups is 1. The summed E-state index contributed by atoms with van der Waals surface area (Å²) < 4.78 is 61.8. The minimum atomic E-state index is -4.58. The van der Waals surface area contributed by atoms with Gasteiger partial charge in [-0.3, -0.25) is 4.90 Å². The van der Waals surface area contributed by atoms with Gasteiger partial charge in [-0.15, -0.1) is 11.3 Å². The van der Waals surface area contributed by atoms with Gasteiger partial charge in [-0.25, -0.2) is 26.9 Å². The molecule has 0 radical (unpaired) electrons. The van der Waals surface area contributed by atoms with Crippen molar-refractivity contribution in [3.05, 3.63) is 93.7 Å². The Morgan fingerprint density at radius 2 is 1.92 bits per heavy atom. The molecule has 52 heavy (non-hydrogen) atoms. The van der Waals surface area contributed by atoms with E-state index in [9.17, 15) is 23.6 Å². The number of hydrogen-bond acceptors (Lipinski definition) is 11. The van der Waals surface area contributed by atoms with Crippen LogP contribution in [0.15, 0.2) is 71.1 Å². The minimum absolute atomic E-state index is 0.0162. The number of anilines is 2. The van der Waals surface area contributed by atoms with Gasteiger partial charge in [0.15, 0.2) is 5.13 Å². The summed E-state index contributed by atoms with van der Waals surface area (Å²) in [5.74, 6) is -0.210. The molecular formula is C36H39ClFN5O7S2. The molecule has 12 nitrogen and oxygen atoms in total. The van der Waals surface area contributed by atoms with Crippen LogP contribution in [0.1, 0.15) is 43.9 Å². The van der Waals surface area contributed by atoms with Crippen molar-refractivity contribution in [2.75, 3.05) is 36.9 Å². The number of aromatic nitrogens is 1. The normalized spacial score (nSPS) is 17.4. The van der Waals surface area contributed by atoms with Gasteiger partial charge in [-0.05, 0) is 69.2 Å². The molecule has 1 aliphatic rings. The number of aliphatic hydroxyl groups excluding tert-OH is 1. The third-order valence-electron chi connectivity index (χ3n) is 8.45. The van der Waals surface area contributed by atoms with Crippen LogP contribution in [0.5, 0.6) is 11.5 Å². The largest absolute Gasteiger partial charge is 0.497 e. The smallest absolute Gasteiger partial charge is 0.410 e. The Labute approximate surface area is 311 Å². The van der Waals surface area contributed by atoms with Crippen LogP contribution in [0.3, 0.4) is 0 Å². The number of hydrogen-bond donors (Lipinski definition) is 2. The molecule has 5 rings (SSSR count). The number of nitrogens with zero attached hydrogens (tertiary/aromatic N) is 4. The Balaban J connectivity index is 1.48. The number of thiazole rings is 1. The van der Waals surface area contributed by atoms with Crippen LogP contribution in [0.2, 0.25) is 5.02 Å². The van der Waals surface area contributed by atoms with Gasteiger partial charge in [0.1, 0.15) is 27.8 Å². The second-order valence-corrected chi connectivity index (χ2v) is 16.4. The lowest BCUT2D eigenvalue weighted by molar-refractivity contribution is 0.00895. The molecule has 2 N–H and O–H groups in total. The van der Waals surface area contributed by atoms with Gasteiger partial charge in [-0.2, -0.15) is 5.26 Å². The lowest BCUT2D eigenvalue weighted by Crippen LogP contribution is -2.54. The van der Waals surface area contributed by atoms with Gasteiger partial charge < -0.3 is 24.6 Å². The van der Waals surface area contributed by atoms with E-state index in [4.69, 9.17) is 25.8 Å². The molecule has 3 aromatic carbocycles. The topological polar surface area (TPSA) is 154 Å². The summed E-state index contributed by atoms with van der Waals surface area (Å²) in [6.45, 7) is 4.94. The quantitative estimate of drug-likeness (QED) is 0.161. The first-order valence-electron chi connectivity index (χ1n) is 16.1. The number of halogens is 2. The number of nitrogens with one attached hydrogen (secondary N) is 1. The van der Waals surface area contributed by atoms with Crippen LogP contribution in [0.4, 0.5) is 20.0 Å². The number of ether oxygens (including phenoxy) is 3. The number of rotatable bonds is 12. The van der Waals surface area contributed by atoms with Crippen molar-refractivity contribution < 1.29 is 36.9 Å². The molecule has 0 bridgehead atoms. The van der Waals surface area contributed by atoms with Crippen LogP contribution in [-0.4, -0.2) is 74.1 Å². The van der Waals surface area contributed by atoms with Gasteiger partial charge in [0, 0.05) is 36.2 Å². The predicted octanol–water partition coefficient (Wildman–Crippen LogP) is 6.62. The summed E-state index contributed by atoms with van der Waals surface area (Å²) in [5.41, 5.74) is -0.123. The van der Waals surface area contributed by atoms with E-state index < -0.39 is 44.1 Å². The highest BCUT2D eigenvalue weighted by Crippen LogP contribution is 2.38. The fourth-order valence-corrected chi connectivity index (χ4v) is 8.69. The zero-order chi connectivity index (χ0) is 37.8. The molecule has 1 amide bonds. The third kappa shape index (κ3) is 8.53. The molecule has 1 saturated heterocycles. The molecule has 0 spiro atoms. The van der Waals surface area contributed by atoms with E-state index in [2.05, 4.69) is 16.4 Å². The van der Waals surface area contributed by atoms with Crippen LogP contribution < -0.4 is 19.1 Å². The molecule has 276 valence electrons. The molecular weight excluding hydrogens is 733 g/mol. The zero-order valence-corrected chi connectivity index (χ0v) is 31.6. The van der Waals surface area contributed by atoms with Gasteiger partial charge in [0.25, 0.3) is 10.0 Å². The summed E-state index contributed by atoms with van der Waals surface area (Å²) in [6.07, 6.45) is 0.288. The molecule has 0 aliphatic carbocycles. The highest BCUT2D eigenvalue weighted by molar-refractivity contribution is 7.93. The Morgan fingerprint density at radius 1 is 1.19 bits per heavy atom. The number of carbonyl (C=O) groups is 1. The van der Waals surface area contributed by atoms with Gasteiger partial charge >= 0.3 is 6.09 Å². The van der Waals surface area contributed by atoms with Crippen LogP contribution >= 0.6 is 22.9 Å². The molecule has 16 heteroatoms. The fourth-order valence-electron chi connectivity index (χ4n) is 6.05. The van der Waals surface area contributed by atoms with Crippen molar-refractivity contribution in [1.29, 1.82) is 5.26 Å². The first-order valence-corrected chi connectivity index (χ1v) is 18.8. The van der Waals surface area contributed by atoms with Crippen molar-refractivity contribution >= 4 is 49.9 Å². The second-order valence-electron chi connectivity index (χ2n) is 13.3. The van der Waals surface area contributed by atoms with Crippen molar-refractivity contribution in [3.8, 4) is 17.6 Å². The van der Waals surface area contributed by atoms with Crippen LogP contribution in [0.25, 0.3) is 0 Å². The number of amides is 1. The maximum absolute atomic E-state index is 16.1. The zero-order valence-electron chi connectivity index (χ0n) is 29.2. The number of benzene rings is 3. The third-order valence-corrected chi connectivity index (χ3v) is 11.4. The Hall–Kier alpha value is -4.62. The van der Waals surface area contributed by atoms with Crippen LogP contribution in [-0.2, 0) is 27.7 Å². The summed E-state index contributed by atoms with van der Waals surface area (Å²) in [5, 5.41) is 24.9. The van der Waals surface area contributed by atoms with E-state index in [0.717, 1.165) is 33.3 Å². The van der Waals surface area contributed by atoms with E-state index in [-0.39, 0.29) is 48.3 Å². The maximum Gasteiger partial charge on any atom is 0.410 e. The van der Waals surface area contributed by atoms with Crippen molar-refractivity contribution in [2.24, 2.45) is 0 Å². The predicted molar refractivity (Wildman–Crippen MR) is 196 cm³/mol. The van der Waals surface area contributed by atoms with Crippen molar-refractivity contribution in [2.45, 2.75) is 62.3 Å². The maximum atomic E-state index is 16.1. The molecule has 2 heterocycles. The molecule has 4 aromatic rings. The highest BCUT2D eigenvalue weighted by atomic mass is 35.5. The van der Waals surface area contributed by atoms with E-state index in [0.29, 0.717) is 22.6 Å². The van der Waals surface area contributed by atoms with Crippen LogP contribution in [0, 0.1) is 17.1 Å². The lowest BCUT2D eigenvalue weighted by atomic mass is 9.87. The fraction of sp³-hybridized carbons (Fsp3) is 0.361. The monoisotopic (exact) mass is 771 g/mol. The number of carbonyl (C=O) groups excluding carboxylic acids is 1. The first-order chi connectivity index (χ1) is 24.6. The van der Waals surface area contributed by atoms with E-state index >= 15 is 4.39 Å². The summed E-state index contributed by atoms with van der Waals surface area (Å²) in [6, 6.07) is 15.9. The Morgan fingerprint density at radius 3 is 2.54 bits per heavy atom. The standard InChI is InChI=1S/C36H39ClFN5O7S2/c1-35(2,3)50-34(45)42-21-26(44)18-36(42,17-23-6-8-24(19-39)9-7-23)22-41-30-16-29(38)32(15-28(30)37)52(46,47)43(33-40-12-13-51-33)20-25-10-11-27(48-4)14-31(25)49-5/h6-16,26,41,44H,17-18,20-22H2,1-5H3/t26-,36-/m0/s1.